The van der Waals surface area contributed by atoms with E-state index in [2.05, 4.69) is 176 Å². The third-order valence-corrected chi connectivity index (χ3v) is 9.96. The first-order valence-electron chi connectivity index (χ1n) is 16.5. The molecule has 1 heteroatoms. The predicted octanol–water partition coefficient (Wildman–Crippen LogP) is 13.0. The van der Waals surface area contributed by atoms with Gasteiger partial charge in [0.05, 0.1) is 11.2 Å². The second kappa shape index (κ2) is 10.6. The van der Waals surface area contributed by atoms with E-state index >= 15 is 0 Å². The van der Waals surface area contributed by atoms with Gasteiger partial charge in [-0.1, -0.05) is 140 Å². The molecule has 1 nitrogen and oxygen atoms in total. The molecular weight excluding hydrogens is 579 g/mol. The summed E-state index contributed by atoms with van der Waals surface area (Å²) in [4.78, 5) is 5.37. The van der Waals surface area contributed by atoms with Crippen molar-refractivity contribution < 1.29 is 0 Å². The van der Waals surface area contributed by atoms with E-state index in [0.717, 1.165) is 22.2 Å². The average Bonchev–Trinajstić information content (AvgIpc) is 3.16. The van der Waals surface area contributed by atoms with E-state index in [0.29, 0.717) is 0 Å². The quantitative estimate of drug-likeness (QED) is 0.144. The number of pyridine rings is 1. The Labute approximate surface area is 278 Å². The zero-order chi connectivity index (χ0) is 31.6. The first kappa shape index (κ1) is 26.9. The maximum atomic E-state index is 5.37. The van der Waals surface area contributed by atoms with Crippen LogP contribution in [0.1, 0.15) is 0 Å². The summed E-state index contributed by atoms with van der Waals surface area (Å²) in [5.41, 5.74) is 8.00. The van der Waals surface area contributed by atoms with Gasteiger partial charge in [-0.05, 0) is 107 Å². The normalized spacial score (nSPS) is 11.8. The number of aromatic nitrogens is 1. The molecule has 0 unspecified atom stereocenters. The van der Waals surface area contributed by atoms with Gasteiger partial charge in [0, 0.05) is 16.3 Å². The van der Waals surface area contributed by atoms with Crippen molar-refractivity contribution >= 4 is 64.8 Å². The minimum absolute atomic E-state index is 0.973. The van der Waals surface area contributed by atoms with E-state index in [1.54, 1.807) is 0 Å². The molecule has 222 valence electrons. The molecule has 1 aromatic heterocycles. The van der Waals surface area contributed by atoms with E-state index in [-0.39, 0.29) is 0 Å². The lowest BCUT2D eigenvalue weighted by Gasteiger charge is -2.18. The van der Waals surface area contributed by atoms with Gasteiger partial charge < -0.3 is 0 Å². The smallest absolute Gasteiger partial charge is 0.0787 e. The van der Waals surface area contributed by atoms with Gasteiger partial charge in [-0.25, -0.2) is 4.98 Å². The van der Waals surface area contributed by atoms with E-state index in [1.807, 2.05) is 0 Å². The molecule has 10 rings (SSSR count). The number of hydrogen-bond acceptors (Lipinski definition) is 1. The predicted molar refractivity (Wildman–Crippen MR) is 206 cm³/mol. The van der Waals surface area contributed by atoms with Crippen LogP contribution in [0.15, 0.2) is 176 Å². The second-order valence-corrected chi connectivity index (χ2v) is 12.8. The zero-order valence-electron chi connectivity index (χ0n) is 26.2. The van der Waals surface area contributed by atoms with Crippen LogP contribution in [0, 0.1) is 0 Å². The average molecular weight is 608 g/mol. The number of benzene rings is 9. The molecule has 0 aliphatic carbocycles. The van der Waals surface area contributed by atoms with Crippen molar-refractivity contribution in [1.82, 2.24) is 4.98 Å². The van der Waals surface area contributed by atoms with Gasteiger partial charge in [0.2, 0.25) is 0 Å². The van der Waals surface area contributed by atoms with Crippen molar-refractivity contribution in [3.63, 3.8) is 0 Å². The second-order valence-electron chi connectivity index (χ2n) is 12.8. The topological polar surface area (TPSA) is 12.9 Å². The number of hydrogen-bond donors (Lipinski definition) is 0. The van der Waals surface area contributed by atoms with Crippen LogP contribution >= 0.6 is 0 Å². The van der Waals surface area contributed by atoms with E-state index < -0.39 is 0 Å². The molecule has 0 fully saturated rings. The molecule has 0 N–H and O–H groups in total. The molecule has 0 amide bonds. The third kappa shape index (κ3) is 4.29. The van der Waals surface area contributed by atoms with Crippen molar-refractivity contribution in [2.75, 3.05) is 0 Å². The Morgan fingerprint density at radius 2 is 0.854 bits per heavy atom. The first-order valence-corrected chi connectivity index (χ1v) is 16.5. The summed E-state index contributed by atoms with van der Waals surface area (Å²) in [5.74, 6) is 0. The summed E-state index contributed by atoms with van der Waals surface area (Å²) in [5, 5.41) is 13.4. The molecule has 48 heavy (non-hydrogen) atoms. The van der Waals surface area contributed by atoms with Gasteiger partial charge >= 0.3 is 0 Å². The molecule has 0 aliphatic rings. The highest BCUT2D eigenvalue weighted by Gasteiger charge is 2.17. The molecule has 0 atom stereocenters. The maximum absolute atomic E-state index is 5.37. The van der Waals surface area contributed by atoms with Crippen molar-refractivity contribution in [3.05, 3.63) is 176 Å². The Kier molecular flexibility index (Phi) is 5.94. The van der Waals surface area contributed by atoms with Crippen molar-refractivity contribution in [3.8, 4) is 33.5 Å². The molecule has 0 aliphatic heterocycles. The highest BCUT2D eigenvalue weighted by Crippen LogP contribution is 2.44. The van der Waals surface area contributed by atoms with E-state index in [9.17, 15) is 0 Å². The van der Waals surface area contributed by atoms with Crippen molar-refractivity contribution in [2.24, 2.45) is 0 Å². The van der Waals surface area contributed by atoms with E-state index in [4.69, 9.17) is 4.98 Å². The van der Waals surface area contributed by atoms with Gasteiger partial charge in [0.1, 0.15) is 0 Å². The fourth-order valence-electron chi connectivity index (χ4n) is 7.58. The molecule has 0 radical (unpaired) electrons. The number of nitrogens with zero attached hydrogens (tertiary/aromatic N) is 1. The van der Waals surface area contributed by atoms with Gasteiger partial charge in [-0.3, -0.25) is 0 Å². The monoisotopic (exact) mass is 607 g/mol. The Bertz CT molecular complexity index is 2900. The highest BCUT2D eigenvalue weighted by atomic mass is 14.7. The van der Waals surface area contributed by atoms with Crippen molar-refractivity contribution in [2.45, 2.75) is 0 Å². The number of fused-ring (bicyclic) bond motifs is 7. The summed E-state index contributed by atoms with van der Waals surface area (Å²) >= 11 is 0. The Morgan fingerprint density at radius 3 is 1.62 bits per heavy atom. The minimum atomic E-state index is 0.973. The lowest BCUT2D eigenvalue weighted by atomic mass is 9.86. The summed E-state index contributed by atoms with van der Waals surface area (Å²) in [6, 6.07) is 64.2. The molecule has 0 bridgehead atoms. The van der Waals surface area contributed by atoms with Crippen LogP contribution in [0.4, 0.5) is 0 Å². The molecule has 0 saturated carbocycles. The largest absolute Gasteiger partial charge is 0.247 e. The van der Waals surface area contributed by atoms with Crippen LogP contribution in [-0.2, 0) is 0 Å². The number of rotatable bonds is 3. The lowest BCUT2D eigenvalue weighted by molar-refractivity contribution is 1.41. The summed E-state index contributed by atoms with van der Waals surface area (Å²) in [7, 11) is 0. The van der Waals surface area contributed by atoms with Crippen LogP contribution in [-0.4, -0.2) is 4.98 Å². The Morgan fingerprint density at radius 1 is 0.292 bits per heavy atom. The van der Waals surface area contributed by atoms with Crippen LogP contribution in [0.5, 0.6) is 0 Å². The SMILES string of the molecule is c1ccc2cc(-c3cc(-c4ccc5ccc6ccccc6c5n4)cc4c(-c5ccc6ccccc6c5)c5ccccc5cc34)ccc2c1. The molecule has 10 aromatic rings. The third-order valence-electron chi connectivity index (χ3n) is 9.96. The Hall–Kier alpha value is -6.31. The molecule has 1 heterocycles. The van der Waals surface area contributed by atoms with Gasteiger partial charge in [0.15, 0.2) is 0 Å². The summed E-state index contributed by atoms with van der Waals surface area (Å²) in [6.45, 7) is 0. The summed E-state index contributed by atoms with van der Waals surface area (Å²) in [6.07, 6.45) is 0. The minimum Gasteiger partial charge on any atom is -0.247 e. The molecule has 9 aromatic carbocycles. The van der Waals surface area contributed by atoms with Gasteiger partial charge in [0.25, 0.3) is 0 Å². The Balaban J connectivity index is 1.33. The van der Waals surface area contributed by atoms with Crippen LogP contribution in [0.2, 0.25) is 0 Å². The first-order chi connectivity index (χ1) is 23.8. The molecular formula is C47H29N. The molecule has 0 saturated heterocycles. The van der Waals surface area contributed by atoms with Crippen LogP contribution in [0.3, 0.4) is 0 Å². The van der Waals surface area contributed by atoms with Crippen LogP contribution in [0.25, 0.3) is 98.3 Å². The van der Waals surface area contributed by atoms with Gasteiger partial charge in [-0.2, -0.15) is 0 Å². The van der Waals surface area contributed by atoms with Crippen LogP contribution < -0.4 is 0 Å². The zero-order valence-corrected chi connectivity index (χ0v) is 26.2. The molecule has 0 spiro atoms. The van der Waals surface area contributed by atoms with Crippen molar-refractivity contribution in [1.29, 1.82) is 0 Å². The lowest BCUT2D eigenvalue weighted by Crippen LogP contribution is -1.93. The van der Waals surface area contributed by atoms with Gasteiger partial charge in [-0.15, -0.1) is 0 Å². The maximum Gasteiger partial charge on any atom is 0.0787 e. The fourth-order valence-corrected chi connectivity index (χ4v) is 7.58. The highest BCUT2D eigenvalue weighted by molar-refractivity contribution is 6.18. The standard InChI is InChI=1S/C47H29N/c1-3-12-34-25-37(21-17-30(34)9-1)42-28-39(45-24-23-33-20-19-32-11-5-8-16-41(32)47(33)48-45)29-44-43(42)27-36-14-6-7-15-40(36)46(44)38-22-18-31-10-2-4-13-35(31)26-38/h1-29H. The van der Waals surface area contributed by atoms with E-state index in [1.165, 1.54) is 76.1 Å². The fraction of sp³-hybridized carbons (Fsp3) is 0. The summed E-state index contributed by atoms with van der Waals surface area (Å²) < 4.78 is 0.